The van der Waals surface area contributed by atoms with Gasteiger partial charge in [0, 0.05) is 44.3 Å². The SMILES string of the molecule is CC(C)CCN(CC(=O)NC1CCC(NC(=O)NC2CCCCC2C)CC1)C(=O)CN(CCC(=O)O)C(=O)CN1CCOCC1. The van der Waals surface area contributed by atoms with E-state index in [9.17, 15) is 29.1 Å². The van der Waals surface area contributed by atoms with Gasteiger partial charge in [-0.3, -0.25) is 24.1 Å². The first-order valence-corrected chi connectivity index (χ1v) is 16.9. The lowest BCUT2D eigenvalue weighted by Gasteiger charge is -2.33. The molecule has 0 aromatic carbocycles. The number of carboxylic acid groups (broad SMARTS) is 1. The second-order valence-electron chi connectivity index (χ2n) is 13.4. The molecule has 0 radical (unpaired) electrons. The lowest BCUT2D eigenvalue weighted by Crippen LogP contribution is -2.52. The number of nitrogens with one attached hydrogen (secondary N) is 3. The highest BCUT2D eigenvalue weighted by molar-refractivity contribution is 5.89. The van der Waals surface area contributed by atoms with E-state index in [1.54, 1.807) is 0 Å². The number of carbonyl (C=O) groups excluding carboxylic acids is 4. The Morgan fingerprint density at radius 2 is 1.44 bits per heavy atom. The zero-order chi connectivity index (χ0) is 32.8. The molecule has 0 aromatic rings. The van der Waals surface area contributed by atoms with Crippen LogP contribution in [0.1, 0.15) is 85.0 Å². The Balaban J connectivity index is 1.49. The normalized spacial score (nSPS) is 24.0. The summed E-state index contributed by atoms with van der Waals surface area (Å²) < 4.78 is 5.34. The second-order valence-corrected chi connectivity index (χ2v) is 13.4. The van der Waals surface area contributed by atoms with Gasteiger partial charge in [-0.05, 0) is 56.8 Å². The topological polar surface area (TPSA) is 161 Å². The molecule has 2 unspecified atom stereocenters. The largest absolute Gasteiger partial charge is 0.481 e. The summed E-state index contributed by atoms with van der Waals surface area (Å²) in [5.41, 5.74) is 0. The van der Waals surface area contributed by atoms with Crippen molar-refractivity contribution in [2.24, 2.45) is 11.8 Å². The number of carbonyl (C=O) groups is 5. The van der Waals surface area contributed by atoms with E-state index in [1.165, 1.54) is 16.2 Å². The molecule has 45 heavy (non-hydrogen) atoms. The zero-order valence-corrected chi connectivity index (χ0v) is 27.6. The van der Waals surface area contributed by atoms with Crippen LogP contribution in [0.4, 0.5) is 4.79 Å². The number of rotatable bonds is 15. The number of amides is 5. The van der Waals surface area contributed by atoms with E-state index < -0.39 is 5.97 Å². The van der Waals surface area contributed by atoms with Crippen LogP contribution in [0.15, 0.2) is 0 Å². The van der Waals surface area contributed by atoms with E-state index in [2.05, 4.69) is 22.9 Å². The number of morpholine rings is 1. The maximum absolute atomic E-state index is 13.5. The number of urea groups is 1. The van der Waals surface area contributed by atoms with Gasteiger partial charge in [-0.25, -0.2) is 4.79 Å². The van der Waals surface area contributed by atoms with Crippen LogP contribution in [0.5, 0.6) is 0 Å². The number of aliphatic carboxylic acids is 1. The summed E-state index contributed by atoms with van der Waals surface area (Å²) in [4.78, 5) is 68.3. The third kappa shape index (κ3) is 13.5. The van der Waals surface area contributed by atoms with Gasteiger partial charge in [-0.1, -0.05) is 33.6 Å². The van der Waals surface area contributed by atoms with E-state index in [-0.39, 0.29) is 74.5 Å². The number of ether oxygens (including phenoxy) is 1. The highest BCUT2D eigenvalue weighted by Crippen LogP contribution is 2.24. The third-order valence-electron chi connectivity index (χ3n) is 9.26. The van der Waals surface area contributed by atoms with Crippen LogP contribution in [-0.4, -0.2) is 127 Å². The molecule has 0 spiro atoms. The van der Waals surface area contributed by atoms with Gasteiger partial charge in [-0.15, -0.1) is 0 Å². The minimum absolute atomic E-state index is 0.0406. The van der Waals surface area contributed by atoms with Crippen LogP contribution < -0.4 is 16.0 Å². The van der Waals surface area contributed by atoms with Gasteiger partial charge >= 0.3 is 12.0 Å². The van der Waals surface area contributed by atoms with Gasteiger partial charge in [0.25, 0.3) is 0 Å². The summed E-state index contributed by atoms with van der Waals surface area (Å²) in [7, 11) is 0. The zero-order valence-electron chi connectivity index (χ0n) is 27.6. The first-order chi connectivity index (χ1) is 21.5. The molecular weight excluding hydrogens is 580 g/mol. The lowest BCUT2D eigenvalue weighted by atomic mass is 9.86. The summed E-state index contributed by atoms with van der Waals surface area (Å²) in [5, 5.41) is 18.6. The first-order valence-electron chi connectivity index (χ1n) is 16.9. The Kier molecular flexibility index (Phi) is 15.3. The summed E-state index contributed by atoms with van der Waals surface area (Å²) in [6.45, 7) is 8.46. The molecule has 256 valence electrons. The standard InChI is InChI=1S/C32H56N6O7/c1-23(2)12-14-37(30(41)22-38(15-13-31(42)43)29(40)21-36-16-18-45-19-17-36)20-28(39)33-25-8-10-26(11-9-25)34-32(44)35-27-7-5-4-6-24(27)3/h23-27H,4-22H2,1-3H3,(H,33,39)(H,42,43)(H2,34,35,44). The number of hydrogen-bond acceptors (Lipinski definition) is 7. The second kappa shape index (κ2) is 18.9. The Hall–Kier alpha value is -2.93. The van der Waals surface area contributed by atoms with E-state index in [0.29, 0.717) is 51.1 Å². The molecule has 3 rings (SSSR count). The van der Waals surface area contributed by atoms with Crippen molar-refractivity contribution in [3.8, 4) is 0 Å². The monoisotopic (exact) mass is 636 g/mol. The Morgan fingerprint density at radius 3 is 2.07 bits per heavy atom. The van der Waals surface area contributed by atoms with Crippen molar-refractivity contribution in [3.05, 3.63) is 0 Å². The average molecular weight is 637 g/mol. The molecule has 3 fully saturated rings. The minimum atomic E-state index is -1.05. The summed E-state index contributed by atoms with van der Waals surface area (Å²) >= 11 is 0. The summed E-state index contributed by atoms with van der Waals surface area (Å²) in [6.07, 6.45) is 7.95. The molecule has 5 amide bonds. The van der Waals surface area contributed by atoms with E-state index in [4.69, 9.17) is 4.74 Å². The molecule has 13 nitrogen and oxygen atoms in total. The molecule has 2 aliphatic carbocycles. The van der Waals surface area contributed by atoms with Crippen LogP contribution in [0.25, 0.3) is 0 Å². The summed E-state index contributed by atoms with van der Waals surface area (Å²) in [5.74, 6) is -1.21. The Morgan fingerprint density at radius 1 is 0.822 bits per heavy atom. The van der Waals surface area contributed by atoms with Crippen molar-refractivity contribution in [1.29, 1.82) is 0 Å². The highest BCUT2D eigenvalue weighted by atomic mass is 16.5. The molecule has 2 saturated carbocycles. The van der Waals surface area contributed by atoms with Crippen molar-refractivity contribution in [1.82, 2.24) is 30.7 Å². The van der Waals surface area contributed by atoms with Gasteiger partial charge in [0.1, 0.15) is 0 Å². The van der Waals surface area contributed by atoms with Crippen molar-refractivity contribution in [3.63, 3.8) is 0 Å². The number of carboxylic acids is 1. The van der Waals surface area contributed by atoms with E-state index in [1.807, 2.05) is 18.7 Å². The fourth-order valence-corrected chi connectivity index (χ4v) is 6.30. The van der Waals surface area contributed by atoms with Crippen LogP contribution in [-0.2, 0) is 23.9 Å². The van der Waals surface area contributed by atoms with Gasteiger partial charge in [0.05, 0.1) is 39.3 Å². The van der Waals surface area contributed by atoms with Crippen molar-refractivity contribution in [2.75, 3.05) is 59.0 Å². The van der Waals surface area contributed by atoms with Gasteiger partial charge in [0.15, 0.2) is 0 Å². The number of hydrogen-bond donors (Lipinski definition) is 4. The fourth-order valence-electron chi connectivity index (χ4n) is 6.30. The van der Waals surface area contributed by atoms with E-state index in [0.717, 1.165) is 44.9 Å². The van der Waals surface area contributed by atoms with E-state index >= 15 is 0 Å². The predicted octanol–water partition coefficient (Wildman–Crippen LogP) is 1.80. The maximum Gasteiger partial charge on any atom is 0.315 e. The van der Waals surface area contributed by atoms with Gasteiger partial charge in [0.2, 0.25) is 17.7 Å². The quantitative estimate of drug-likeness (QED) is 0.212. The average Bonchev–Trinajstić information content (AvgIpc) is 2.99. The smallest absolute Gasteiger partial charge is 0.315 e. The fraction of sp³-hybridized carbons (Fsp3) is 0.844. The Bertz CT molecular complexity index is 981. The maximum atomic E-state index is 13.5. The molecule has 0 bridgehead atoms. The van der Waals surface area contributed by atoms with Crippen molar-refractivity contribution >= 4 is 29.7 Å². The minimum Gasteiger partial charge on any atom is -0.481 e. The third-order valence-corrected chi connectivity index (χ3v) is 9.26. The molecule has 3 aliphatic rings. The van der Waals surface area contributed by atoms with Crippen molar-refractivity contribution < 1.29 is 33.8 Å². The predicted molar refractivity (Wildman–Crippen MR) is 169 cm³/mol. The molecule has 13 heteroatoms. The van der Waals surface area contributed by atoms with Crippen LogP contribution in [0.2, 0.25) is 0 Å². The molecule has 0 aromatic heterocycles. The molecule has 1 heterocycles. The summed E-state index contributed by atoms with van der Waals surface area (Å²) in [6, 6.07) is 0.137. The lowest BCUT2D eigenvalue weighted by molar-refractivity contribution is -0.144. The molecule has 1 aliphatic heterocycles. The first kappa shape index (κ1) is 36.5. The van der Waals surface area contributed by atoms with Gasteiger partial charge in [-0.2, -0.15) is 0 Å². The molecule has 2 atom stereocenters. The Labute approximate surface area is 268 Å². The highest BCUT2D eigenvalue weighted by Gasteiger charge is 2.29. The van der Waals surface area contributed by atoms with Crippen LogP contribution in [0.3, 0.4) is 0 Å². The van der Waals surface area contributed by atoms with Gasteiger partial charge < -0.3 is 35.6 Å². The van der Waals surface area contributed by atoms with Crippen LogP contribution >= 0.6 is 0 Å². The molecule has 4 N–H and O–H groups in total. The molecular formula is C32H56N6O7. The number of nitrogens with zero attached hydrogens (tertiary/aromatic N) is 3. The van der Waals surface area contributed by atoms with Crippen LogP contribution in [0, 0.1) is 11.8 Å². The van der Waals surface area contributed by atoms with Crippen molar-refractivity contribution in [2.45, 2.75) is 103 Å². The molecule has 1 saturated heterocycles.